The lowest BCUT2D eigenvalue weighted by Gasteiger charge is -2.23. The van der Waals surface area contributed by atoms with Crippen molar-refractivity contribution < 1.29 is 9.53 Å². The van der Waals surface area contributed by atoms with Crippen LogP contribution in [-0.2, 0) is 9.53 Å². The Morgan fingerprint density at radius 3 is 3.24 bits per heavy atom. The highest BCUT2D eigenvalue weighted by Gasteiger charge is 2.16. The number of anilines is 1. The number of tetrazole rings is 1. The van der Waals surface area contributed by atoms with Crippen molar-refractivity contribution in [3.8, 4) is 5.69 Å². The van der Waals surface area contributed by atoms with Crippen molar-refractivity contribution in [3.63, 3.8) is 0 Å². The standard InChI is InChI=1S/C13H16N6O2/c20-13(7-11-8-21-5-4-14-11)16-10-2-1-3-12(6-10)19-9-15-17-18-19/h1-3,6,9,11,14H,4-5,7-8H2,(H,16,20). The van der Waals surface area contributed by atoms with Crippen molar-refractivity contribution in [2.75, 3.05) is 25.1 Å². The second kappa shape index (κ2) is 6.42. The highest BCUT2D eigenvalue weighted by Crippen LogP contribution is 2.14. The Morgan fingerprint density at radius 1 is 1.52 bits per heavy atom. The minimum absolute atomic E-state index is 0.0492. The van der Waals surface area contributed by atoms with Gasteiger partial charge in [0.25, 0.3) is 0 Å². The lowest BCUT2D eigenvalue weighted by Crippen LogP contribution is -2.43. The molecular formula is C13H16N6O2. The highest BCUT2D eigenvalue weighted by molar-refractivity contribution is 5.91. The van der Waals surface area contributed by atoms with E-state index in [1.165, 1.54) is 11.0 Å². The predicted octanol–water partition coefficient (Wildman–Crippen LogP) is -0.0207. The molecule has 1 saturated heterocycles. The van der Waals surface area contributed by atoms with Crippen LogP contribution in [0.5, 0.6) is 0 Å². The average Bonchev–Trinajstić information content (AvgIpc) is 3.02. The number of morpholine rings is 1. The van der Waals surface area contributed by atoms with E-state index in [1.807, 2.05) is 24.3 Å². The molecule has 0 aliphatic carbocycles. The van der Waals surface area contributed by atoms with Gasteiger partial charge in [0.1, 0.15) is 6.33 Å². The fourth-order valence-electron chi connectivity index (χ4n) is 2.19. The van der Waals surface area contributed by atoms with Crippen LogP contribution in [0.1, 0.15) is 6.42 Å². The molecule has 8 heteroatoms. The molecule has 2 N–H and O–H groups in total. The first-order chi connectivity index (χ1) is 10.3. The van der Waals surface area contributed by atoms with Crippen LogP contribution >= 0.6 is 0 Å². The molecule has 1 aromatic heterocycles. The Labute approximate surface area is 121 Å². The van der Waals surface area contributed by atoms with E-state index in [-0.39, 0.29) is 11.9 Å². The van der Waals surface area contributed by atoms with E-state index < -0.39 is 0 Å². The number of hydrogen-bond donors (Lipinski definition) is 2. The molecule has 1 unspecified atom stereocenters. The summed E-state index contributed by atoms with van der Waals surface area (Å²) in [6.45, 7) is 2.05. The van der Waals surface area contributed by atoms with Gasteiger partial charge in [-0.25, -0.2) is 4.68 Å². The molecule has 3 rings (SSSR count). The molecule has 2 heterocycles. The molecule has 1 aliphatic rings. The molecule has 110 valence electrons. The Morgan fingerprint density at radius 2 is 2.48 bits per heavy atom. The molecule has 8 nitrogen and oxygen atoms in total. The third-order valence-corrected chi connectivity index (χ3v) is 3.17. The molecule has 1 atom stereocenters. The van der Waals surface area contributed by atoms with Crippen LogP contribution in [0.25, 0.3) is 5.69 Å². The van der Waals surface area contributed by atoms with Crippen LogP contribution in [0.3, 0.4) is 0 Å². The van der Waals surface area contributed by atoms with Gasteiger partial charge in [-0.05, 0) is 28.6 Å². The first kappa shape index (κ1) is 13.7. The lowest BCUT2D eigenvalue weighted by atomic mass is 10.2. The first-order valence-electron chi connectivity index (χ1n) is 6.76. The molecule has 0 saturated carbocycles. The van der Waals surface area contributed by atoms with Crippen LogP contribution in [0.2, 0.25) is 0 Å². The highest BCUT2D eigenvalue weighted by atomic mass is 16.5. The number of carbonyl (C=O) groups is 1. The second-order valence-corrected chi connectivity index (χ2v) is 4.78. The third kappa shape index (κ3) is 3.61. The van der Waals surface area contributed by atoms with Crippen LogP contribution in [-0.4, -0.2) is 51.9 Å². The SMILES string of the molecule is O=C(CC1COCCN1)Nc1cccc(-n2cnnn2)c1. The summed E-state index contributed by atoms with van der Waals surface area (Å²) in [5.74, 6) is -0.0492. The van der Waals surface area contributed by atoms with Crippen molar-refractivity contribution in [1.82, 2.24) is 25.5 Å². The molecule has 1 aliphatic heterocycles. The van der Waals surface area contributed by atoms with Gasteiger partial charge in [-0.2, -0.15) is 0 Å². The van der Waals surface area contributed by atoms with Crippen molar-refractivity contribution in [1.29, 1.82) is 0 Å². The number of benzene rings is 1. The zero-order valence-electron chi connectivity index (χ0n) is 11.4. The molecule has 1 amide bonds. The minimum Gasteiger partial charge on any atom is -0.378 e. The topological polar surface area (TPSA) is 94.0 Å². The fourth-order valence-corrected chi connectivity index (χ4v) is 2.19. The zero-order chi connectivity index (χ0) is 14.5. The number of ether oxygens (including phenoxy) is 1. The van der Waals surface area contributed by atoms with Gasteiger partial charge < -0.3 is 15.4 Å². The second-order valence-electron chi connectivity index (χ2n) is 4.78. The smallest absolute Gasteiger partial charge is 0.226 e. The van der Waals surface area contributed by atoms with Gasteiger partial charge in [-0.1, -0.05) is 6.07 Å². The minimum atomic E-state index is -0.0492. The van der Waals surface area contributed by atoms with Gasteiger partial charge in [0.2, 0.25) is 5.91 Å². The van der Waals surface area contributed by atoms with E-state index in [0.717, 1.165) is 12.2 Å². The summed E-state index contributed by atoms with van der Waals surface area (Å²) in [5.41, 5.74) is 1.50. The number of carbonyl (C=O) groups excluding carboxylic acids is 1. The quantitative estimate of drug-likeness (QED) is 0.821. The molecule has 0 spiro atoms. The number of aromatic nitrogens is 4. The van der Waals surface area contributed by atoms with Crippen LogP contribution < -0.4 is 10.6 Å². The maximum absolute atomic E-state index is 12.0. The summed E-state index contributed by atoms with van der Waals surface area (Å²) >= 11 is 0. The lowest BCUT2D eigenvalue weighted by molar-refractivity contribution is -0.117. The van der Waals surface area contributed by atoms with E-state index in [9.17, 15) is 4.79 Å². The summed E-state index contributed by atoms with van der Waals surface area (Å²) < 4.78 is 6.87. The van der Waals surface area contributed by atoms with E-state index >= 15 is 0 Å². The summed E-state index contributed by atoms with van der Waals surface area (Å²) in [4.78, 5) is 12.0. The van der Waals surface area contributed by atoms with Gasteiger partial charge in [0.15, 0.2) is 0 Å². The maximum Gasteiger partial charge on any atom is 0.226 e. The van der Waals surface area contributed by atoms with E-state index in [1.54, 1.807) is 0 Å². The molecule has 1 fully saturated rings. The van der Waals surface area contributed by atoms with Crippen LogP contribution in [0.15, 0.2) is 30.6 Å². The molecule has 0 bridgehead atoms. The summed E-state index contributed by atoms with van der Waals surface area (Å²) in [5, 5.41) is 17.1. The van der Waals surface area contributed by atoms with Crippen molar-refractivity contribution in [2.45, 2.75) is 12.5 Å². The normalized spacial score (nSPS) is 18.4. The number of nitrogens with zero attached hydrogens (tertiary/aromatic N) is 4. The Kier molecular flexibility index (Phi) is 4.17. The Bertz CT molecular complexity index is 594. The largest absolute Gasteiger partial charge is 0.378 e. The zero-order valence-corrected chi connectivity index (χ0v) is 11.4. The number of amides is 1. The van der Waals surface area contributed by atoms with E-state index in [0.29, 0.717) is 25.3 Å². The van der Waals surface area contributed by atoms with Gasteiger partial charge in [-0.3, -0.25) is 4.79 Å². The number of rotatable bonds is 4. The Hall–Kier alpha value is -2.32. The van der Waals surface area contributed by atoms with Gasteiger partial charge >= 0.3 is 0 Å². The summed E-state index contributed by atoms with van der Waals surface area (Å²) in [7, 11) is 0. The van der Waals surface area contributed by atoms with E-state index in [2.05, 4.69) is 26.2 Å². The molecule has 2 aromatic rings. The number of nitrogens with one attached hydrogen (secondary N) is 2. The maximum atomic E-state index is 12.0. The molecule has 1 aromatic carbocycles. The van der Waals surface area contributed by atoms with Crippen molar-refractivity contribution in [2.24, 2.45) is 0 Å². The predicted molar refractivity (Wildman–Crippen MR) is 75.0 cm³/mol. The average molecular weight is 288 g/mol. The van der Waals surface area contributed by atoms with Gasteiger partial charge in [-0.15, -0.1) is 5.10 Å². The van der Waals surface area contributed by atoms with Crippen LogP contribution in [0.4, 0.5) is 5.69 Å². The molecule has 0 radical (unpaired) electrons. The first-order valence-corrected chi connectivity index (χ1v) is 6.76. The molecule has 21 heavy (non-hydrogen) atoms. The third-order valence-electron chi connectivity index (χ3n) is 3.17. The summed E-state index contributed by atoms with van der Waals surface area (Å²) in [6.07, 6.45) is 1.89. The van der Waals surface area contributed by atoms with Gasteiger partial charge in [0.05, 0.1) is 18.9 Å². The van der Waals surface area contributed by atoms with E-state index in [4.69, 9.17) is 4.74 Å². The van der Waals surface area contributed by atoms with Crippen molar-refractivity contribution >= 4 is 11.6 Å². The fraction of sp³-hybridized carbons (Fsp3) is 0.385. The van der Waals surface area contributed by atoms with Gasteiger partial charge in [0, 0.05) is 24.7 Å². The number of hydrogen-bond acceptors (Lipinski definition) is 6. The monoisotopic (exact) mass is 288 g/mol. The molecular weight excluding hydrogens is 272 g/mol. The summed E-state index contributed by atoms with van der Waals surface area (Å²) in [6, 6.07) is 7.42. The van der Waals surface area contributed by atoms with Crippen molar-refractivity contribution in [3.05, 3.63) is 30.6 Å². The Balaban J connectivity index is 1.62. The van der Waals surface area contributed by atoms with Crippen LogP contribution in [0, 0.1) is 0 Å².